The molecule has 1 aliphatic rings. The van der Waals surface area contributed by atoms with Crippen LogP contribution in [0.1, 0.15) is 19.4 Å². The predicted molar refractivity (Wildman–Crippen MR) is 94.4 cm³/mol. The number of nitrogens with zero attached hydrogens (tertiary/aromatic N) is 1. The van der Waals surface area contributed by atoms with Gasteiger partial charge in [-0.1, -0.05) is 0 Å². The number of benzene rings is 1. The second-order valence-electron chi connectivity index (χ2n) is 6.79. The van der Waals surface area contributed by atoms with Gasteiger partial charge in [0.15, 0.2) is 11.5 Å². The molecule has 8 heteroatoms. The van der Waals surface area contributed by atoms with E-state index in [-0.39, 0.29) is 24.3 Å². The van der Waals surface area contributed by atoms with Crippen LogP contribution in [0.5, 0.6) is 23.0 Å². The Bertz CT molecular complexity index is 911. The van der Waals surface area contributed by atoms with E-state index in [9.17, 15) is 15.0 Å². The van der Waals surface area contributed by atoms with E-state index in [1.54, 1.807) is 13.1 Å². The summed E-state index contributed by atoms with van der Waals surface area (Å²) >= 11 is 0. The lowest BCUT2D eigenvalue weighted by atomic mass is 9.94. The van der Waals surface area contributed by atoms with Gasteiger partial charge in [0.05, 0.1) is 31.5 Å². The molecule has 0 saturated heterocycles. The van der Waals surface area contributed by atoms with Gasteiger partial charge in [0, 0.05) is 18.9 Å². The summed E-state index contributed by atoms with van der Waals surface area (Å²) in [4.78, 5) is 12.9. The van der Waals surface area contributed by atoms with Crippen molar-refractivity contribution in [3.63, 3.8) is 0 Å². The number of aliphatic hydroxyl groups is 2. The third-order valence-corrected chi connectivity index (χ3v) is 4.64. The zero-order chi connectivity index (χ0) is 19.2. The van der Waals surface area contributed by atoms with Crippen LogP contribution in [0, 0.1) is 0 Å². The molecule has 1 aromatic carbocycles. The molecule has 0 saturated carbocycles. The van der Waals surface area contributed by atoms with Gasteiger partial charge >= 0.3 is 0 Å². The van der Waals surface area contributed by atoms with Crippen molar-refractivity contribution in [3.05, 3.63) is 22.0 Å². The third kappa shape index (κ3) is 2.75. The van der Waals surface area contributed by atoms with Gasteiger partial charge in [0.25, 0.3) is 5.56 Å². The molecule has 8 nitrogen and oxygen atoms in total. The van der Waals surface area contributed by atoms with Crippen LogP contribution in [0.3, 0.4) is 0 Å². The van der Waals surface area contributed by atoms with Crippen molar-refractivity contribution < 1.29 is 29.2 Å². The van der Waals surface area contributed by atoms with E-state index < -0.39 is 11.7 Å². The highest BCUT2D eigenvalue weighted by atomic mass is 16.7. The van der Waals surface area contributed by atoms with Crippen molar-refractivity contribution in [1.82, 2.24) is 4.57 Å². The van der Waals surface area contributed by atoms with E-state index in [1.807, 2.05) is 0 Å². The highest BCUT2D eigenvalue weighted by Crippen LogP contribution is 2.48. The van der Waals surface area contributed by atoms with Crippen LogP contribution in [-0.2, 0) is 13.5 Å². The number of fused-ring (bicyclic) bond motifs is 3. The van der Waals surface area contributed by atoms with Crippen molar-refractivity contribution >= 4 is 10.9 Å². The van der Waals surface area contributed by atoms with Gasteiger partial charge in [-0.25, -0.2) is 0 Å². The summed E-state index contributed by atoms with van der Waals surface area (Å²) in [5.74, 6) is 1.60. The first-order valence-electron chi connectivity index (χ1n) is 8.17. The quantitative estimate of drug-likeness (QED) is 0.814. The molecule has 0 spiro atoms. The molecule has 1 atom stereocenters. The lowest BCUT2D eigenvalue weighted by Gasteiger charge is -2.25. The maximum absolute atomic E-state index is 12.9. The summed E-state index contributed by atoms with van der Waals surface area (Å²) in [5.41, 5.74) is -0.933. The van der Waals surface area contributed by atoms with Crippen molar-refractivity contribution in [2.75, 3.05) is 21.0 Å². The van der Waals surface area contributed by atoms with E-state index in [2.05, 4.69) is 0 Å². The first-order chi connectivity index (χ1) is 12.2. The number of methoxy groups -OCH3 is 2. The van der Waals surface area contributed by atoms with Crippen LogP contribution < -0.4 is 24.5 Å². The molecule has 0 radical (unpaired) electrons. The fourth-order valence-corrected chi connectivity index (χ4v) is 3.10. The number of rotatable bonds is 5. The highest BCUT2D eigenvalue weighted by molar-refractivity contribution is 5.95. The minimum atomic E-state index is -1.36. The van der Waals surface area contributed by atoms with Gasteiger partial charge in [0.2, 0.25) is 12.5 Å². The Labute approximate surface area is 150 Å². The highest BCUT2D eigenvalue weighted by Gasteiger charge is 2.31. The fraction of sp³-hybridized carbons (Fsp3) is 0.500. The van der Waals surface area contributed by atoms with Gasteiger partial charge in [-0.3, -0.25) is 4.79 Å². The first kappa shape index (κ1) is 18.3. The summed E-state index contributed by atoms with van der Waals surface area (Å²) in [6.07, 6.45) is -1.20. The maximum atomic E-state index is 12.9. The zero-order valence-corrected chi connectivity index (χ0v) is 15.5. The summed E-state index contributed by atoms with van der Waals surface area (Å²) in [7, 11) is 4.57. The Morgan fingerprint density at radius 1 is 1.27 bits per heavy atom. The molecule has 0 aliphatic carbocycles. The Morgan fingerprint density at radius 3 is 2.50 bits per heavy atom. The van der Waals surface area contributed by atoms with Gasteiger partial charge in [-0.2, -0.15) is 0 Å². The van der Waals surface area contributed by atoms with Crippen LogP contribution in [0.4, 0.5) is 0 Å². The van der Waals surface area contributed by atoms with Crippen LogP contribution in [-0.4, -0.2) is 47.5 Å². The zero-order valence-electron chi connectivity index (χ0n) is 15.5. The molecular formula is C18H23NO7. The summed E-state index contributed by atoms with van der Waals surface area (Å²) in [6, 6.07) is 1.71. The van der Waals surface area contributed by atoms with Gasteiger partial charge < -0.3 is 33.7 Å². The minimum Gasteiger partial charge on any atom is -0.496 e. The van der Waals surface area contributed by atoms with Crippen LogP contribution in [0.15, 0.2) is 10.9 Å². The van der Waals surface area contributed by atoms with E-state index in [0.717, 1.165) is 0 Å². The van der Waals surface area contributed by atoms with Crippen molar-refractivity contribution in [2.24, 2.45) is 7.05 Å². The van der Waals surface area contributed by atoms with Crippen LogP contribution in [0.25, 0.3) is 10.9 Å². The molecule has 2 heterocycles. The number of pyridine rings is 1. The predicted octanol–water partition coefficient (Wildman–Crippen LogP) is 0.959. The molecule has 142 valence electrons. The fourth-order valence-electron chi connectivity index (χ4n) is 3.10. The smallest absolute Gasteiger partial charge is 0.257 e. The largest absolute Gasteiger partial charge is 0.496 e. The van der Waals surface area contributed by atoms with Gasteiger partial charge in [-0.05, 0) is 19.9 Å². The minimum absolute atomic E-state index is 0.0283. The Morgan fingerprint density at radius 2 is 1.92 bits per heavy atom. The molecular weight excluding hydrogens is 342 g/mol. The number of hydrogen-bond donors (Lipinski definition) is 2. The average Bonchev–Trinajstić information content (AvgIpc) is 3.07. The van der Waals surface area contributed by atoms with Gasteiger partial charge in [-0.15, -0.1) is 0 Å². The van der Waals surface area contributed by atoms with Crippen LogP contribution >= 0.6 is 0 Å². The summed E-state index contributed by atoms with van der Waals surface area (Å²) in [6.45, 7) is 2.99. The SMILES string of the molecule is COc1cc2c(OC)c(C[C@H](O)C(C)(C)O)c(=O)n(C)c2c2c1OCO2. The molecule has 0 bridgehead atoms. The summed E-state index contributed by atoms with van der Waals surface area (Å²) < 4.78 is 23.3. The van der Waals surface area contributed by atoms with Crippen LogP contribution in [0.2, 0.25) is 0 Å². The number of aryl methyl sites for hydroxylation is 1. The molecule has 2 aromatic rings. The number of aliphatic hydroxyl groups excluding tert-OH is 1. The first-order valence-corrected chi connectivity index (χ1v) is 8.17. The lowest BCUT2D eigenvalue weighted by Crippen LogP contribution is -2.39. The standard InChI is InChI=1S/C18H23NO7/c1-18(2,22)12(20)7-10-14(24-5)9-6-11(23-4)15-16(26-8-25-15)13(9)19(3)17(10)21/h6,12,20,22H,7-8H2,1-5H3/t12-/m0/s1. The molecule has 0 unspecified atom stereocenters. The second-order valence-corrected chi connectivity index (χ2v) is 6.79. The number of aromatic nitrogens is 1. The lowest BCUT2D eigenvalue weighted by molar-refractivity contribution is -0.0472. The molecule has 26 heavy (non-hydrogen) atoms. The van der Waals surface area contributed by atoms with Crippen molar-refractivity contribution in [3.8, 4) is 23.0 Å². The van der Waals surface area contributed by atoms with E-state index in [0.29, 0.717) is 33.9 Å². The average molecular weight is 365 g/mol. The summed E-state index contributed by atoms with van der Waals surface area (Å²) in [5, 5.41) is 20.9. The monoisotopic (exact) mass is 365 g/mol. The molecule has 3 rings (SSSR count). The molecule has 2 N–H and O–H groups in total. The molecule has 0 amide bonds. The molecule has 1 aromatic heterocycles. The van der Waals surface area contributed by atoms with E-state index in [1.165, 1.54) is 32.6 Å². The molecule has 1 aliphatic heterocycles. The Hall–Kier alpha value is -2.45. The Balaban J connectivity index is 2.33. The van der Waals surface area contributed by atoms with E-state index in [4.69, 9.17) is 18.9 Å². The second kappa shape index (κ2) is 6.37. The van der Waals surface area contributed by atoms with Gasteiger partial charge in [0.1, 0.15) is 11.3 Å². The Kier molecular flexibility index (Phi) is 4.49. The van der Waals surface area contributed by atoms with E-state index >= 15 is 0 Å². The number of hydrogen-bond acceptors (Lipinski definition) is 7. The molecule has 0 fully saturated rings. The normalized spacial score (nSPS) is 14.6. The third-order valence-electron chi connectivity index (χ3n) is 4.64. The van der Waals surface area contributed by atoms with Crippen molar-refractivity contribution in [1.29, 1.82) is 0 Å². The van der Waals surface area contributed by atoms with Crippen molar-refractivity contribution in [2.45, 2.75) is 32.0 Å². The topological polar surface area (TPSA) is 99.4 Å². The maximum Gasteiger partial charge on any atom is 0.257 e. The number of ether oxygens (including phenoxy) is 4.